The predicted molar refractivity (Wildman–Crippen MR) is 83.8 cm³/mol. The molecule has 0 aromatic carbocycles. The van der Waals surface area contributed by atoms with Crippen LogP contribution in [0.5, 0.6) is 0 Å². The Morgan fingerprint density at radius 3 is 3.00 bits per heavy atom. The minimum absolute atomic E-state index is 0.140. The number of esters is 1. The smallest absolute Gasteiger partial charge is 0.338 e. The van der Waals surface area contributed by atoms with Gasteiger partial charge in [-0.25, -0.2) is 14.8 Å². The zero-order chi connectivity index (χ0) is 14.7. The van der Waals surface area contributed by atoms with E-state index in [9.17, 15) is 4.79 Å². The molecule has 0 atom stereocenters. The van der Waals surface area contributed by atoms with Crippen molar-refractivity contribution in [2.24, 2.45) is 0 Å². The molecule has 21 heavy (non-hydrogen) atoms. The van der Waals surface area contributed by atoms with E-state index >= 15 is 0 Å². The van der Waals surface area contributed by atoms with E-state index in [0.717, 1.165) is 15.6 Å². The largest absolute Gasteiger partial charge is 0.456 e. The van der Waals surface area contributed by atoms with E-state index in [2.05, 4.69) is 9.97 Å². The van der Waals surface area contributed by atoms with Crippen molar-refractivity contribution < 1.29 is 9.53 Å². The summed E-state index contributed by atoms with van der Waals surface area (Å²) < 4.78 is 5.22. The Hall–Kier alpha value is -1.76. The maximum atomic E-state index is 11.9. The van der Waals surface area contributed by atoms with Gasteiger partial charge in [0.2, 0.25) is 0 Å². The van der Waals surface area contributed by atoms with E-state index in [1.165, 1.54) is 23.6 Å². The first-order valence-corrected chi connectivity index (χ1v) is 8.13. The fourth-order valence-electron chi connectivity index (χ4n) is 1.64. The van der Waals surface area contributed by atoms with E-state index in [1.807, 2.05) is 22.9 Å². The highest BCUT2D eigenvalue weighted by atomic mass is 35.5. The third-order valence-electron chi connectivity index (χ3n) is 2.60. The van der Waals surface area contributed by atoms with Gasteiger partial charge in [-0.05, 0) is 23.6 Å². The van der Waals surface area contributed by atoms with Crippen LogP contribution >= 0.6 is 34.3 Å². The molecule has 7 heteroatoms. The lowest BCUT2D eigenvalue weighted by Crippen LogP contribution is -2.05. The van der Waals surface area contributed by atoms with Crippen LogP contribution in [0.25, 0.3) is 9.88 Å². The second kappa shape index (κ2) is 6.34. The first-order chi connectivity index (χ1) is 10.2. The molecular formula is C14H9ClN2O2S2. The summed E-state index contributed by atoms with van der Waals surface area (Å²) in [6.45, 7) is 0.140. The van der Waals surface area contributed by atoms with E-state index in [-0.39, 0.29) is 11.8 Å². The lowest BCUT2D eigenvalue weighted by molar-refractivity contribution is 0.0468. The molecule has 106 valence electrons. The standard InChI is InChI=1S/C14H9ClN2O2S2/c15-12-6-9(3-4-16-12)14(18)19-7-10-8-21-13(17-10)11-2-1-5-20-11/h1-6,8H,7H2. The van der Waals surface area contributed by atoms with E-state index in [1.54, 1.807) is 17.4 Å². The van der Waals surface area contributed by atoms with Crippen molar-refractivity contribution in [3.8, 4) is 9.88 Å². The van der Waals surface area contributed by atoms with Crippen LogP contribution in [0.15, 0.2) is 41.2 Å². The molecule has 0 fully saturated rings. The molecular weight excluding hydrogens is 328 g/mol. The van der Waals surface area contributed by atoms with Crippen molar-refractivity contribution >= 4 is 40.2 Å². The number of carbonyl (C=O) groups excluding carboxylic acids is 1. The summed E-state index contributed by atoms with van der Waals surface area (Å²) in [6, 6.07) is 7.03. The molecule has 0 aliphatic rings. The molecule has 0 saturated heterocycles. The van der Waals surface area contributed by atoms with Gasteiger partial charge < -0.3 is 4.74 Å². The molecule has 3 rings (SSSR count). The normalized spacial score (nSPS) is 10.5. The molecule has 0 aliphatic heterocycles. The Bertz CT molecular complexity index is 756. The molecule has 0 unspecified atom stereocenters. The number of carbonyl (C=O) groups is 1. The number of ether oxygens (including phenoxy) is 1. The second-order valence-electron chi connectivity index (χ2n) is 4.06. The lowest BCUT2D eigenvalue weighted by atomic mass is 10.3. The quantitative estimate of drug-likeness (QED) is 0.527. The average molecular weight is 337 g/mol. The van der Waals surface area contributed by atoms with Crippen molar-refractivity contribution in [3.63, 3.8) is 0 Å². The number of thiazole rings is 1. The number of thiophene rings is 1. The highest BCUT2D eigenvalue weighted by Gasteiger charge is 2.10. The number of rotatable bonds is 4. The second-order valence-corrected chi connectivity index (χ2v) is 6.26. The Morgan fingerprint density at radius 2 is 2.24 bits per heavy atom. The van der Waals surface area contributed by atoms with Crippen LogP contribution in [0, 0.1) is 0 Å². The Morgan fingerprint density at radius 1 is 1.33 bits per heavy atom. The van der Waals surface area contributed by atoms with Crippen molar-refractivity contribution in [2.45, 2.75) is 6.61 Å². The van der Waals surface area contributed by atoms with Gasteiger partial charge in [0.25, 0.3) is 0 Å². The third-order valence-corrected chi connectivity index (χ3v) is 4.73. The van der Waals surface area contributed by atoms with Crippen LogP contribution in [0.4, 0.5) is 0 Å². The molecule has 3 aromatic heterocycles. The van der Waals surface area contributed by atoms with E-state index < -0.39 is 5.97 Å². The first kappa shape index (κ1) is 14.2. The number of hydrogen-bond acceptors (Lipinski definition) is 6. The minimum atomic E-state index is -0.440. The topological polar surface area (TPSA) is 52.1 Å². The predicted octanol–water partition coefficient (Wildman–Crippen LogP) is 4.28. The van der Waals surface area contributed by atoms with Crippen molar-refractivity contribution in [1.82, 2.24) is 9.97 Å². The maximum Gasteiger partial charge on any atom is 0.338 e. The lowest BCUT2D eigenvalue weighted by Gasteiger charge is -2.02. The van der Waals surface area contributed by atoms with Crippen LogP contribution in [-0.2, 0) is 11.3 Å². The Balaban J connectivity index is 1.64. The molecule has 0 aliphatic carbocycles. The first-order valence-electron chi connectivity index (χ1n) is 5.99. The van der Waals surface area contributed by atoms with Gasteiger partial charge >= 0.3 is 5.97 Å². The van der Waals surface area contributed by atoms with Gasteiger partial charge in [-0.1, -0.05) is 17.7 Å². The fourth-order valence-corrected chi connectivity index (χ4v) is 3.43. The van der Waals surface area contributed by atoms with Gasteiger partial charge in [0, 0.05) is 11.6 Å². The average Bonchev–Trinajstić information content (AvgIpc) is 3.15. The van der Waals surface area contributed by atoms with Gasteiger partial charge in [0.1, 0.15) is 16.8 Å². The zero-order valence-corrected chi connectivity index (χ0v) is 13.0. The molecule has 0 spiro atoms. The van der Waals surface area contributed by atoms with Crippen LogP contribution in [-0.4, -0.2) is 15.9 Å². The summed E-state index contributed by atoms with van der Waals surface area (Å²) >= 11 is 8.90. The molecule has 0 saturated carbocycles. The zero-order valence-electron chi connectivity index (χ0n) is 10.7. The molecule has 4 nitrogen and oxygen atoms in total. The van der Waals surface area contributed by atoms with Crippen LogP contribution in [0.2, 0.25) is 5.15 Å². The van der Waals surface area contributed by atoms with Crippen LogP contribution in [0.1, 0.15) is 16.1 Å². The summed E-state index contributed by atoms with van der Waals surface area (Å²) in [5.74, 6) is -0.440. The van der Waals surface area contributed by atoms with Gasteiger partial charge in [-0.15, -0.1) is 22.7 Å². The number of pyridine rings is 1. The summed E-state index contributed by atoms with van der Waals surface area (Å²) in [4.78, 5) is 21.3. The summed E-state index contributed by atoms with van der Waals surface area (Å²) in [5, 5.41) is 5.09. The third kappa shape index (κ3) is 3.47. The van der Waals surface area contributed by atoms with Crippen molar-refractivity contribution in [1.29, 1.82) is 0 Å². The molecule has 0 bridgehead atoms. The van der Waals surface area contributed by atoms with Gasteiger partial charge in [0.05, 0.1) is 16.1 Å². The van der Waals surface area contributed by atoms with E-state index in [4.69, 9.17) is 16.3 Å². The summed E-state index contributed by atoms with van der Waals surface area (Å²) in [5.41, 5.74) is 1.11. The molecule has 0 N–H and O–H groups in total. The molecule has 3 heterocycles. The number of halogens is 1. The van der Waals surface area contributed by atoms with Crippen molar-refractivity contribution in [2.75, 3.05) is 0 Å². The molecule has 0 amide bonds. The summed E-state index contributed by atoms with van der Waals surface area (Å²) in [7, 11) is 0. The number of hydrogen-bond donors (Lipinski definition) is 0. The van der Waals surface area contributed by atoms with E-state index in [0.29, 0.717) is 5.56 Å². The highest BCUT2D eigenvalue weighted by Crippen LogP contribution is 2.28. The Kier molecular flexibility index (Phi) is 4.28. The van der Waals surface area contributed by atoms with Crippen LogP contribution < -0.4 is 0 Å². The van der Waals surface area contributed by atoms with Gasteiger partial charge in [-0.2, -0.15) is 0 Å². The highest BCUT2D eigenvalue weighted by molar-refractivity contribution is 7.20. The van der Waals surface area contributed by atoms with Crippen LogP contribution in [0.3, 0.4) is 0 Å². The fraction of sp³-hybridized carbons (Fsp3) is 0.0714. The molecule has 3 aromatic rings. The van der Waals surface area contributed by atoms with Gasteiger partial charge in [-0.3, -0.25) is 0 Å². The van der Waals surface area contributed by atoms with Gasteiger partial charge in [0.15, 0.2) is 0 Å². The number of aromatic nitrogens is 2. The summed E-state index contributed by atoms with van der Waals surface area (Å²) in [6.07, 6.45) is 1.47. The Labute approximate surface area is 134 Å². The SMILES string of the molecule is O=C(OCc1csc(-c2cccs2)n1)c1ccnc(Cl)c1. The number of nitrogens with zero attached hydrogens (tertiary/aromatic N) is 2. The minimum Gasteiger partial charge on any atom is -0.456 e. The maximum absolute atomic E-state index is 11.9. The molecule has 0 radical (unpaired) electrons. The van der Waals surface area contributed by atoms with Crippen molar-refractivity contribution in [3.05, 3.63) is 57.6 Å². The monoisotopic (exact) mass is 336 g/mol.